The van der Waals surface area contributed by atoms with Crippen molar-refractivity contribution in [2.45, 2.75) is 103 Å². The summed E-state index contributed by atoms with van der Waals surface area (Å²) in [6, 6.07) is 6.23. The monoisotopic (exact) mass is 326 g/mol. The molecule has 0 spiro atoms. The molecule has 1 heterocycles. The number of pyridine rings is 1. The molecule has 0 aliphatic heterocycles. The van der Waals surface area contributed by atoms with E-state index >= 15 is 0 Å². The van der Waals surface area contributed by atoms with E-state index in [4.69, 9.17) is 0 Å². The van der Waals surface area contributed by atoms with Crippen molar-refractivity contribution in [2.75, 3.05) is 0 Å². The number of nitrogens with zero attached hydrogens (tertiary/aromatic N) is 1. The summed E-state index contributed by atoms with van der Waals surface area (Å²) in [7, 11) is 0. The Bertz CT molecular complexity index is 326. The van der Waals surface area contributed by atoms with Crippen LogP contribution < -0.4 is 0 Å². The SMILES string of the molecule is CCCCCCCCCCCCCCCCc1ccccn1.[Na]. The minimum atomic E-state index is 0. The molecule has 0 fully saturated rings. The van der Waals surface area contributed by atoms with Gasteiger partial charge in [-0.15, -0.1) is 0 Å². The summed E-state index contributed by atoms with van der Waals surface area (Å²) in [4.78, 5) is 4.38. The van der Waals surface area contributed by atoms with Crippen LogP contribution >= 0.6 is 0 Å². The van der Waals surface area contributed by atoms with Gasteiger partial charge in [0.05, 0.1) is 0 Å². The fraction of sp³-hybridized carbons (Fsp3) is 0.762. The quantitative estimate of drug-likeness (QED) is 0.257. The van der Waals surface area contributed by atoms with Crippen molar-refractivity contribution in [3.63, 3.8) is 0 Å². The van der Waals surface area contributed by atoms with E-state index in [1.807, 2.05) is 12.3 Å². The second kappa shape index (κ2) is 18.5. The first kappa shape index (κ1) is 23.1. The van der Waals surface area contributed by atoms with Crippen LogP contribution in [0.25, 0.3) is 0 Å². The van der Waals surface area contributed by atoms with Gasteiger partial charge in [0.1, 0.15) is 0 Å². The van der Waals surface area contributed by atoms with Crippen molar-refractivity contribution in [1.82, 2.24) is 4.98 Å². The van der Waals surface area contributed by atoms with Crippen molar-refractivity contribution < 1.29 is 0 Å². The Labute approximate surface area is 167 Å². The molecule has 0 saturated heterocycles. The van der Waals surface area contributed by atoms with Crippen molar-refractivity contribution >= 4 is 29.6 Å². The molecule has 0 unspecified atom stereocenters. The van der Waals surface area contributed by atoms with Crippen LogP contribution in [0, 0.1) is 0 Å². The summed E-state index contributed by atoms with van der Waals surface area (Å²) in [6.45, 7) is 2.29. The maximum Gasteiger partial charge on any atom is 0.0403 e. The van der Waals surface area contributed by atoms with E-state index in [0.29, 0.717) is 0 Å². The van der Waals surface area contributed by atoms with Crippen molar-refractivity contribution in [3.8, 4) is 0 Å². The Morgan fingerprint density at radius 3 is 1.57 bits per heavy atom. The van der Waals surface area contributed by atoms with Crippen LogP contribution in [-0.4, -0.2) is 34.5 Å². The van der Waals surface area contributed by atoms with E-state index in [-0.39, 0.29) is 29.6 Å². The average molecular weight is 327 g/mol. The van der Waals surface area contributed by atoms with Crippen LogP contribution in [0.2, 0.25) is 0 Å². The van der Waals surface area contributed by atoms with Crippen LogP contribution in [0.3, 0.4) is 0 Å². The number of hydrogen-bond acceptors (Lipinski definition) is 1. The zero-order valence-corrected chi connectivity index (χ0v) is 17.9. The molecule has 0 N–H and O–H groups in total. The van der Waals surface area contributed by atoms with Crippen LogP contribution in [0.5, 0.6) is 0 Å². The molecule has 1 aromatic rings. The molecular weight excluding hydrogens is 289 g/mol. The molecular formula is C21H37NNa. The summed E-state index contributed by atoms with van der Waals surface area (Å²) in [5.74, 6) is 0. The largest absolute Gasteiger partial charge is 0.261 e. The summed E-state index contributed by atoms with van der Waals surface area (Å²) in [6.07, 6.45) is 23.0. The zero-order chi connectivity index (χ0) is 15.7. The summed E-state index contributed by atoms with van der Waals surface area (Å²) in [5, 5.41) is 0. The van der Waals surface area contributed by atoms with Gasteiger partial charge in [0.25, 0.3) is 0 Å². The summed E-state index contributed by atoms with van der Waals surface area (Å²) < 4.78 is 0. The third kappa shape index (κ3) is 15.4. The topological polar surface area (TPSA) is 12.9 Å². The molecule has 0 saturated carbocycles. The normalized spacial score (nSPS) is 10.5. The number of rotatable bonds is 15. The molecule has 0 bridgehead atoms. The first-order valence-electron chi connectivity index (χ1n) is 9.83. The van der Waals surface area contributed by atoms with E-state index in [1.54, 1.807) is 0 Å². The van der Waals surface area contributed by atoms with Gasteiger partial charge < -0.3 is 0 Å². The van der Waals surface area contributed by atoms with Gasteiger partial charge in [0.15, 0.2) is 0 Å². The number of aromatic nitrogens is 1. The van der Waals surface area contributed by atoms with Gasteiger partial charge in [-0.05, 0) is 25.0 Å². The van der Waals surface area contributed by atoms with Crippen LogP contribution in [-0.2, 0) is 6.42 Å². The van der Waals surface area contributed by atoms with Crippen molar-refractivity contribution in [2.24, 2.45) is 0 Å². The molecule has 2 heteroatoms. The van der Waals surface area contributed by atoms with Gasteiger partial charge >= 0.3 is 0 Å². The number of unbranched alkanes of at least 4 members (excludes halogenated alkanes) is 13. The number of hydrogen-bond donors (Lipinski definition) is 0. The minimum Gasteiger partial charge on any atom is -0.261 e. The first-order valence-corrected chi connectivity index (χ1v) is 9.83. The molecule has 0 atom stereocenters. The third-order valence-corrected chi connectivity index (χ3v) is 4.51. The molecule has 1 aromatic heterocycles. The molecule has 0 aromatic carbocycles. The van der Waals surface area contributed by atoms with E-state index in [1.165, 1.54) is 95.6 Å². The minimum absolute atomic E-state index is 0. The van der Waals surface area contributed by atoms with Gasteiger partial charge in [-0.2, -0.15) is 0 Å². The molecule has 0 aliphatic rings. The maximum absolute atomic E-state index is 4.38. The van der Waals surface area contributed by atoms with Gasteiger partial charge in [-0.1, -0.05) is 96.5 Å². The van der Waals surface area contributed by atoms with Crippen LogP contribution in [0.4, 0.5) is 0 Å². The Balaban J connectivity index is 0.00000484. The fourth-order valence-electron chi connectivity index (χ4n) is 3.05. The number of aryl methyl sites for hydroxylation is 1. The standard InChI is InChI=1S/C21H37N.Na/c1-2-3-4-5-6-7-8-9-10-11-12-13-14-15-18-21-19-16-17-20-22-21;/h16-17,19-20H,2-15,18H2,1H3;. The predicted molar refractivity (Wildman–Crippen MR) is 104 cm³/mol. The van der Waals surface area contributed by atoms with E-state index in [0.717, 1.165) is 6.42 Å². The van der Waals surface area contributed by atoms with E-state index in [9.17, 15) is 0 Å². The van der Waals surface area contributed by atoms with Crippen molar-refractivity contribution in [3.05, 3.63) is 30.1 Å². The van der Waals surface area contributed by atoms with E-state index < -0.39 is 0 Å². The second-order valence-corrected chi connectivity index (χ2v) is 6.67. The van der Waals surface area contributed by atoms with Gasteiger partial charge in [0.2, 0.25) is 0 Å². The van der Waals surface area contributed by atoms with E-state index in [2.05, 4.69) is 24.0 Å². The van der Waals surface area contributed by atoms with Crippen molar-refractivity contribution in [1.29, 1.82) is 0 Å². The molecule has 1 nitrogen and oxygen atoms in total. The second-order valence-electron chi connectivity index (χ2n) is 6.67. The van der Waals surface area contributed by atoms with Crippen LogP contribution in [0.1, 0.15) is 103 Å². The molecule has 23 heavy (non-hydrogen) atoms. The zero-order valence-electron chi connectivity index (χ0n) is 15.9. The van der Waals surface area contributed by atoms with Gasteiger partial charge in [0, 0.05) is 41.4 Å². The summed E-state index contributed by atoms with van der Waals surface area (Å²) in [5.41, 5.74) is 1.25. The first-order chi connectivity index (χ1) is 10.9. The third-order valence-electron chi connectivity index (χ3n) is 4.51. The fourth-order valence-corrected chi connectivity index (χ4v) is 3.05. The van der Waals surface area contributed by atoms with Crippen LogP contribution in [0.15, 0.2) is 24.4 Å². The smallest absolute Gasteiger partial charge is 0.0403 e. The summed E-state index contributed by atoms with van der Waals surface area (Å²) >= 11 is 0. The molecule has 0 aliphatic carbocycles. The Morgan fingerprint density at radius 1 is 0.652 bits per heavy atom. The Kier molecular flexibility index (Phi) is 18.6. The molecule has 1 rings (SSSR count). The molecule has 1 radical (unpaired) electrons. The van der Waals surface area contributed by atoms with Gasteiger partial charge in [-0.3, -0.25) is 4.98 Å². The maximum atomic E-state index is 4.38. The molecule has 127 valence electrons. The molecule has 0 amide bonds. The Morgan fingerprint density at radius 2 is 1.13 bits per heavy atom. The Hall–Kier alpha value is 0.150. The average Bonchev–Trinajstić information content (AvgIpc) is 2.56. The predicted octanol–water partition coefficient (Wildman–Crippen LogP) is 6.72. The van der Waals surface area contributed by atoms with Gasteiger partial charge in [-0.25, -0.2) is 0 Å².